The van der Waals surface area contributed by atoms with Crippen LogP contribution in [0.15, 0.2) is 22.9 Å². The zero-order valence-corrected chi connectivity index (χ0v) is 6.23. The number of nitrogens with zero attached hydrogens (tertiary/aromatic N) is 1. The topological polar surface area (TPSA) is 35.8 Å². The van der Waals surface area contributed by atoms with E-state index in [9.17, 15) is 0 Å². The third-order valence-electron chi connectivity index (χ3n) is 1.67. The van der Waals surface area contributed by atoms with Crippen LogP contribution >= 0.6 is 0 Å². The first kappa shape index (κ1) is 6.88. The Balaban J connectivity index is 2.89. The Morgan fingerprint density at radius 3 is 2.80 bits per heavy atom. The van der Waals surface area contributed by atoms with Crippen LogP contribution in [0.25, 0.3) is 0 Å². The predicted octanol–water partition coefficient (Wildman–Crippen LogP) is 1.33. The molecule has 0 radical (unpaired) electrons. The molecule has 1 rings (SSSR count). The Bertz CT molecular complexity index is 240. The van der Waals surface area contributed by atoms with E-state index >= 15 is 0 Å². The van der Waals surface area contributed by atoms with Gasteiger partial charge in [-0.3, -0.25) is 0 Å². The second kappa shape index (κ2) is 2.57. The minimum Gasteiger partial charge on any atom is -0.384 e. The molecule has 1 heterocycles. The Hall–Kier alpha value is -1.23. The van der Waals surface area contributed by atoms with Gasteiger partial charge < -0.3 is 5.32 Å². The van der Waals surface area contributed by atoms with Crippen molar-refractivity contribution in [3.8, 4) is 6.07 Å². The second-order valence-electron chi connectivity index (χ2n) is 2.44. The van der Waals surface area contributed by atoms with Gasteiger partial charge in [-0.25, -0.2) is 0 Å². The van der Waals surface area contributed by atoms with Gasteiger partial charge in [-0.05, 0) is 25.5 Å². The van der Waals surface area contributed by atoms with E-state index in [-0.39, 0.29) is 0 Å². The zero-order chi connectivity index (χ0) is 7.56. The molecule has 52 valence electrons. The number of rotatable bonds is 0. The SMILES string of the molecule is CC1=C(C)NCC(C#N)=C1. The van der Waals surface area contributed by atoms with E-state index in [1.807, 2.05) is 19.9 Å². The van der Waals surface area contributed by atoms with Crippen molar-refractivity contribution in [3.63, 3.8) is 0 Å². The lowest BCUT2D eigenvalue weighted by Crippen LogP contribution is -2.18. The molecule has 2 heteroatoms. The van der Waals surface area contributed by atoms with Crippen molar-refractivity contribution < 1.29 is 0 Å². The van der Waals surface area contributed by atoms with Gasteiger partial charge in [0.15, 0.2) is 0 Å². The van der Waals surface area contributed by atoms with Crippen LogP contribution < -0.4 is 5.32 Å². The summed E-state index contributed by atoms with van der Waals surface area (Å²) in [6.45, 7) is 4.69. The molecule has 1 aliphatic rings. The highest BCUT2D eigenvalue weighted by Crippen LogP contribution is 2.10. The second-order valence-corrected chi connectivity index (χ2v) is 2.44. The van der Waals surface area contributed by atoms with Crippen molar-refractivity contribution in [1.82, 2.24) is 5.32 Å². The van der Waals surface area contributed by atoms with E-state index in [0.717, 1.165) is 11.1 Å². The Labute approximate surface area is 60.9 Å². The van der Waals surface area contributed by atoms with Crippen LogP contribution in [-0.2, 0) is 0 Å². The first-order valence-electron chi connectivity index (χ1n) is 3.26. The molecule has 0 spiro atoms. The number of allylic oxidation sites excluding steroid dienone is 3. The molecule has 0 aromatic carbocycles. The monoisotopic (exact) mass is 134 g/mol. The Morgan fingerprint density at radius 2 is 2.30 bits per heavy atom. The molecule has 0 saturated heterocycles. The van der Waals surface area contributed by atoms with E-state index in [1.165, 1.54) is 5.70 Å². The molecule has 0 aromatic heterocycles. The van der Waals surface area contributed by atoms with Crippen molar-refractivity contribution in [2.75, 3.05) is 6.54 Å². The quantitative estimate of drug-likeness (QED) is 0.542. The molecular weight excluding hydrogens is 124 g/mol. The summed E-state index contributed by atoms with van der Waals surface area (Å²) >= 11 is 0. The summed E-state index contributed by atoms with van der Waals surface area (Å²) in [5.74, 6) is 0. The van der Waals surface area contributed by atoms with Crippen LogP contribution in [0, 0.1) is 11.3 Å². The van der Waals surface area contributed by atoms with Crippen LogP contribution in [0.2, 0.25) is 0 Å². The molecule has 0 amide bonds. The summed E-state index contributed by atoms with van der Waals surface area (Å²) in [5, 5.41) is 11.6. The minimum atomic E-state index is 0.680. The summed E-state index contributed by atoms with van der Waals surface area (Å²) in [5.41, 5.74) is 3.13. The Morgan fingerprint density at radius 1 is 1.60 bits per heavy atom. The maximum atomic E-state index is 8.51. The molecule has 10 heavy (non-hydrogen) atoms. The van der Waals surface area contributed by atoms with Crippen molar-refractivity contribution in [3.05, 3.63) is 22.9 Å². The molecular formula is C8H10N2. The van der Waals surface area contributed by atoms with Crippen molar-refractivity contribution in [2.24, 2.45) is 0 Å². The van der Waals surface area contributed by atoms with Gasteiger partial charge in [0, 0.05) is 17.8 Å². The minimum absolute atomic E-state index is 0.680. The zero-order valence-electron chi connectivity index (χ0n) is 6.23. The summed E-state index contributed by atoms with van der Waals surface area (Å²) in [6, 6.07) is 2.12. The van der Waals surface area contributed by atoms with E-state index in [1.54, 1.807) is 0 Å². The standard InChI is InChI=1S/C8H10N2/c1-6-3-8(4-9)5-10-7(6)2/h3,10H,5H2,1-2H3. The Kier molecular flexibility index (Phi) is 1.77. The highest BCUT2D eigenvalue weighted by Gasteiger charge is 2.03. The van der Waals surface area contributed by atoms with Gasteiger partial charge in [0.1, 0.15) is 0 Å². The molecule has 0 unspecified atom stereocenters. The summed E-state index contributed by atoms with van der Waals surface area (Å²) in [6.07, 6.45) is 1.92. The van der Waals surface area contributed by atoms with Gasteiger partial charge in [0.2, 0.25) is 0 Å². The first-order valence-corrected chi connectivity index (χ1v) is 3.26. The van der Waals surface area contributed by atoms with Crippen LogP contribution in [0.3, 0.4) is 0 Å². The fraction of sp³-hybridized carbons (Fsp3) is 0.375. The molecule has 0 aromatic rings. The van der Waals surface area contributed by atoms with Crippen molar-refractivity contribution in [2.45, 2.75) is 13.8 Å². The van der Waals surface area contributed by atoms with Crippen LogP contribution in [-0.4, -0.2) is 6.54 Å². The van der Waals surface area contributed by atoms with Crippen LogP contribution in [0.1, 0.15) is 13.8 Å². The molecule has 0 bridgehead atoms. The number of hydrogen-bond donors (Lipinski definition) is 1. The third-order valence-corrected chi connectivity index (χ3v) is 1.67. The van der Waals surface area contributed by atoms with Gasteiger partial charge in [0.05, 0.1) is 6.07 Å². The largest absolute Gasteiger partial charge is 0.384 e. The van der Waals surface area contributed by atoms with Crippen molar-refractivity contribution >= 4 is 0 Å². The first-order chi connectivity index (χ1) is 4.74. The number of nitriles is 1. The lowest BCUT2D eigenvalue weighted by Gasteiger charge is -2.13. The van der Waals surface area contributed by atoms with Gasteiger partial charge in [-0.2, -0.15) is 5.26 Å². The van der Waals surface area contributed by atoms with Gasteiger partial charge in [-0.1, -0.05) is 0 Å². The normalized spacial score (nSPS) is 17.5. The highest BCUT2D eigenvalue weighted by molar-refractivity contribution is 5.37. The maximum absolute atomic E-state index is 8.51. The predicted molar refractivity (Wildman–Crippen MR) is 40.1 cm³/mol. The van der Waals surface area contributed by atoms with Gasteiger partial charge >= 0.3 is 0 Å². The lowest BCUT2D eigenvalue weighted by atomic mass is 10.1. The maximum Gasteiger partial charge on any atom is 0.0966 e. The van der Waals surface area contributed by atoms with Crippen LogP contribution in [0.5, 0.6) is 0 Å². The summed E-state index contributed by atoms with van der Waals surface area (Å²) < 4.78 is 0. The molecule has 0 atom stereocenters. The smallest absolute Gasteiger partial charge is 0.0966 e. The molecule has 2 nitrogen and oxygen atoms in total. The molecule has 0 aliphatic carbocycles. The summed E-state index contributed by atoms with van der Waals surface area (Å²) in [4.78, 5) is 0. The fourth-order valence-corrected chi connectivity index (χ4v) is 0.860. The highest BCUT2D eigenvalue weighted by atomic mass is 14.9. The third kappa shape index (κ3) is 1.19. The molecule has 1 aliphatic heterocycles. The van der Waals surface area contributed by atoms with Crippen LogP contribution in [0.4, 0.5) is 0 Å². The number of nitrogens with one attached hydrogen (secondary N) is 1. The lowest BCUT2D eigenvalue weighted by molar-refractivity contribution is 0.852. The van der Waals surface area contributed by atoms with Gasteiger partial charge in [0.25, 0.3) is 0 Å². The fourth-order valence-electron chi connectivity index (χ4n) is 0.860. The molecule has 0 saturated carbocycles. The molecule has 1 N–H and O–H groups in total. The average molecular weight is 134 g/mol. The van der Waals surface area contributed by atoms with Gasteiger partial charge in [-0.15, -0.1) is 0 Å². The van der Waals surface area contributed by atoms with E-state index < -0.39 is 0 Å². The average Bonchev–Trinajstić information content (AvgIpc) is 1.95. The summed E-state index contributed by atoms with van der Waals surface area (Å²) in [7, 11) is 0. The van der Waals surface area contributed by atoms with Crippen molar-refractivity contribution in [1.29, 1.82) is 5.26 Å². The number of dihydropyridines is 1. The molecule has 0 fully saturated rings. The van der Waals surface area contributed by atoms with E-state index in [2.05, 4.69) is 11.4 Å². The van der Waals surface area contributed by atoms with E-state index in [4.69, 9.17) is 5.26 Å². The van der Waals surface area contributed by atoms with E-state index in [0.29, 0.717) is 6.54 Å². The number of hydrogen-bond acceptors (Lipinski definition) is 2.